The van der Waals surface area contributed by atoms with Crippen LogP contribution in [-0.2, 0) is 9.59 Å². The number of primary amides is 1. The molecule has 0 saturated heterocycles. The number of amides is 3. The first kappa shape index (κ1) is 16.2. The van der Waals surface area contributed by atoms with Gasteiger partial charge in [0, 0.05) is 25.9 Å². The first-order valence-electron chi connectivity index (χ1n) is 5.93. The lowest BCUT2D eigenvalue weighted by atomic mass is 10.1. The molecule has 1 unspecified atom stereocenters. The Labute approximate surface area is 106 Å². The summed E-state index contributed by atoms with van der Waals surface area (Å²) in [5.41, 5.74) is 4.97. The zero-order valence-corrected chi connectivity index (χ0v) is 10.6. The summed E-state index contributed by atoms with van der Waals surface area (Å²) in [6.07, 6.45) is 1.67. The predicted octanol–water partition coefficient (Wildman–Crippen LogP) is 0.0520. The molecule has 0 aromatic rings. The highest BCUT2D eigenvalue weighted by molar-refractivity contribution is 5.74. The molecule has 0 aliphatic heterocycles. The van der Waals surface area contributed by atoms with E-state index in [0.29, 0.717) is 32.4 Å². The van der Waals surface area contributed by atoms with Crippen molar-refractivity contribution in [1.82, 2.24) is 10.6 Å². The molecule has 0 saturated carbocycles. The highest BCUT2D eigenvalue weighted by Crippen LogP contribution is 1.99. The summed E-state index contributed by atoms with van der Waals surface area (Å²) in [5.74, 6) is -1.33. The molecule has 1 atom stereocenters. The second-order valence-electron chi connectivity index (χ2n) is 4.26. The van der Waals surface area contributed by atoms with Crippen LogP contribution in [0.2, 0.25) is 0 Å². The molecule has 7 nitrogen and oxygen atoms in total. The van der Waals surface area contributed by atoms with Gasteiger partial charge in [-0.1, -0.05) is 6.92 Å². The van der Waals surface area contributed by atoms with Crippen LogP contribution in [0, 0.1) is 5.92 Å². The van der Waals surface area contributed by atoms with Gasteiger partial charge in [-0.15, -0.1) is 0 Å². The number of aliphatic carboxylic acids is 1. The number of carbonyl (C=O) groups excluding carboxylic acids is 2. The minimum atomic E-state index is -0.879. The molecule has 18 heavy (non-hydrogen) atoms. The molecule has 3 amide bonds. The molecule has 5 N–H and O–H groups in total. The zero-order chi connectivity index (χ0) is 14.0. The third kappa shape index (κ3) is 10.7. The van der Waals surface area contributed by atoms with Crippen molar-refractivity contribution in [1.29, 1.82) is 0 Å². The second-order valence-corrected chi connectivity index (χ2v) is 4.26. The highest BCUT2D eigenvalue weighted by Gasteiger charge is 2.08. The van der Waals surface area contributed by atoms with Crippen LogP contribution in [0.25, 0.3) is 0 Å². The quantitative estimate of drug-likeness (QED) is 0.437. The van der Waals surface area contributed by atoms with Crippen LogP contribution in [-0.4, -0.2) is 36.1 Å². The summed E-state index contributed by atoms with van der Waals surface area (Å²) in [6.45, 7) is 2.53. The van der Waals surface area contributed by atoms with Gasteiger partial charge in [0.25, 0.3) is 0 Å². The summed E-state index contributed by atoms with van der Waals surface area (Å²) >= 11 is 0. The smallest absolute Gasteiger partial charge is 0.314 e. The monoisotopic (exact) mass is 259 g/mol. The average molecular weight is 259 g/mol. The Balaban J connectivity index is 3.48. The summed E-state index contributed by atoms with van der Waals surface area (Å²) in [4.78, 5) is 32.1. The molecule has 0 bridgehead atoms. The SMILES string of the molecule is CC(CNC(=O)NCCCCC(N)=O)CC(=O)O. The second kappa shape index (κ2) is 9.26. The Morgan fingerprint density at radius 2 is 1.89 bits per heavy atom. The van der Waals surface area contributed by atoms with E-state index in [1.165, 1.54) is 0 Å². The van der Waals surface area contributed by atoms with E-state index in [-0.39, 0.29) is 24.3 Å². The van der Waals surface area contributed by atoms with E-state index < -0.39 is 5.97 Å². The fourth-order valence-electron chi connectivity index (χ4n) is 1.33. The molecule has 0 aromatic carbocycles. The van der Waals surface area contributed by atoms with Crippen molar-refractivity contribution in [3.8, 4) is 0 Å². The standard InChI is InChI=1S/C11H21N3O4/c1-8(6-10(16)17)7-14-11(18)13-5-3-2-4-9(12)15/h8H,2-7H2,1H3,(H2,12,15)(H,16,17)(H2,13,14,18). The number of carboxylic acids is 1. The predicted molar refractivity (Wildman–Crippen MR) is 65.9 cm³/mol. The fraction of sp³-hybridized carbons (Fsp3) is 0.727. The van der Waals surface area contributed by atoms with Crippen LogP contribution in [0.4, 0.5) is 4.79 Å². The average Bonchev–Trinajstić information content (AvgIpc) is 2.24. The summed E-state index contributed by atoms with van der Waals surface area (Å²) in [6, 6.07) is -0.327. The van der Waals surface area contributed by atoms with Crippen molar-refractivity contribution >= 4 is 17.9 Å². The third-order valence-corrected chi connectivity index (χ3v) is 2.27. The van der Waals surface area contributed by atoms with Gasteiger partial charge in [-0.25, -0.2) is 4.79 Å². The lowest BCUT2D eigenvalue weighted by molar-refractivity contribution is -0.137. The van der Waals surface area contributed by atoms with Crippen molar-refractivity contribution < 1.29 is 19.5 Å². The maximum Gasteiger partial charge on any atom is 0.314 e. The first-order valence-corrected chi connectivity index (χ1v) is 5.93. The van der Waals surface area contributed by atoms with Crippen LogP contribution in [0.15, 0.2) is 0 Å². The Morgan fingerprint density at radius 1 is 1.22 bits per heavy atom. The maximum absolute atomic E-state index is 11.3. The topological polar surface area (TPSA) is 122 Å². The lowest BCUT2D eigenvalue weighted by Crippen LogP contribution is -2.38. The molecule has 0 aliphatic rings. The minimum absolute atomic E-state index is 0.0267. The molecule has 0 radical (unpaired) electrons. The molecule has 0 heterocycles. The van der Waals surface area contributed by atoms with E-state index in [2.05, 4.69) is 10.6 Å². The molecule has 0 fully saturated rings. The van der Waals surface area contributed by atoms with Gasteiger partial charge in [-0.05, 0) is 18.8 Å². The molecular formula is C11H21N3O4. The van der Waals surface area contributed by atoms with E-state index in [0.717, 1.165) is 0 Å². The molecule has 104 valence electrons. The summed E-state index contributed by atoms with van der Waals surface area (Å²) < 4.78 is 0. The van der Waals surface area contributed by atoms with Crippen molar-refractivity contribution in [2.45, 2.75) is 32.6 Å². The number of hydrogen-bond donors (Lipinski definition) is 4. The van der Waals surface area contributed by atoms with Gasteiger partial charge in [-0.3, -0.25) is 9.59 Å². The van der Waals surface area contributed by atoms with Crippen molar-refractivity contribution in [3.63, 3.8) is 0 Å². The molecule has 0 aromatic heterocycles. The Bertz CT molecular complexity index is 294. The van der Waals surface area contributed by atoms with Gasteiger partial charge in [-0.2, -0.15) is 0 Å². The largest absolute Gasteiger partial charge is 0.481 e. The fourth-order valence-corrected chi connectivity index (χ4v) is 1.33. The van der Waals surface area contributed by atoms with Crippen LogP contribution in [0.1, 0.15) is 32.6 Å². The van der Waals surface area contributed by atoms with Crippen LogP contribution in [0.3, 0.4) is 0 Å². The maximum atomic E-state index is 11.3. The van der Waals surface area contributed by atoms with Crippen LogP contribution in [0.5, 0.6) is 0 Å². The Hall–Kier alpha value is -1.79. The first-order chi connectivity index (χ1) is 8.41. The van der Waals surface area contributed by atoms with Crippen LogP contribution >= 0.6 is 0 Å². The number of nitrogens with one attached hydrogen (secondary N) is 2. The molecule has 7 heteroatoms. The lowest BCUT2D eigenvalue weighted by Gasteiger charge is -2.11. The number of hydrogen-bond acceptors (Lipinski definition) is 3. The normalized spacial score (nSPS) is 11.6. The third-order valence-electron chi connectivity index (χ3n) is 2.27. The number of rotatable bonds is 9. The van der Waals surface area contributed by atoms with Gasteiger partial charge in [0.15, 0.2) is 0 Å². The zero-order valence-electron chi connectivity index (χ0n) is 10.6. The van der Waals surface area contributed by atoms with E-state index in [4.69, 9.17) is 10.8 Å². The number of carboxylic acid groups (broad SMARTS) is 1. The van der Waals surface area contributed by atoms with Gasteiger partial charge < -0.3 is 21.5 Å². The van der Waals surface area contributed by atoms with Crippen LogP contribution < -0.4 is 16.4 Å². The molecular weight excluding hydrogens is 238 g/mol. The van der Waals surface area contributed by atoms with Gasteiger partial charge in [0.05, 0.1) is 0 Å². The molecule has 0 spiro atoms. The number of nitrogens with two attached hydrogens (primary N) is 1. The van der Waals surface area contributed by atoms with Crippen molar-refractivity contribution in [2.75, 3.05) is 13.1 Å². The summed E-state index contributed by atoms with van der Waals surface area (Å²) in [7, 11) is 0. The van der Waals surface area contributed by atoms with E-state index in [1.807, 2.05) is 0 Å². The van der Waals surface area contributed by atoms with Crippen molar-refractivity contribution in [2.24, 2.45) is 11.7 Å². The minimum Gasteiger partial charge on any atom is -0.481 e. The van der Waals surface area contributed by atoms with E-state index in [1.54, 1.807) is 6.92 Å². The van der Waals surface area contributed by atoms with Crippen molar-refractivity contribution in [3.05, 3.63) is 0 Å². The highest BCUT2D eigenvalue weighted by atomic mass is 16.4. The van der Waals surface area contributed by atoms with Gasteiger partial charge in [0.2, 0.25) is 5.91 Å². The Morgan fingerprint density at radius 3 is 2.44 bits per heavy atom. The number of unbranched alkanes of at least 4 members (excludes halogenated alkanes) is 1. The summed E-state index contributed by atoms with van der Waals surface area (Å²) in [5, 5.41) is 13.7. The number of urea groups is 1. The Kier molecular flexibility index (Phi) is 8.34. The molecule has 0 aliphatic carbocycles. The van der Waals surface area contributed by atoms with Gasteiger partial charge in [0.1, 0.15) is 0 Å². The number of carbonyl (C=O) groups is 3. The van der Waals surface area contributed by atoms with E-state index in [9.17, 15) is 14.4 Å². The molecule has 0 rings (SSSR count). The van der Waals surface area contributed by atoms with Gasteiger partial charge >= 0.3 is 12.0 Å². The van der Waals surface area contributed by atoms with E-state index >= 15 is 0 Å².